The van der Waals surface area contributed by atoms with Gasteiger partial charge in [0.25, 0.3) is 0 Å². The number of nitrogens with zero attached hydrogens (tertiary/aromatic N) is 1. The maximum absolute atomic E-state index is 6.34. The van der Waals surface area contributed by atoms with Crippen LogP contribution in [0, 0.1) is 6.92 Å². The van der Waals surface area contributed by atoms with Crippen molar-refractivity contribution < 1.29 is 4.74 Å². The first-order chi connectivity index (χ1) is 15.1. The van der Waals surface area contributed by atoms with Gasteiger partial charge in [-0.15, -0.1) is 12.4 Å². The van der Waals surface area contributed by atoms with E-state index in [0.29, 0.717) is 5.92 Å². The molecule has 0 bridgehead atoms. The SMILES string of the molecule is CCC(C)c1nc2cc(OC(C)CCCc3ccccc3)cc(C)c2c2ccccc12.Cl. The first-order valence-electron chi connectivity index (χ1n) is 11.6. The molecule has 0 aliphatic rings. The van der Waals surface area contributed by atoms with Crippen LogP contribution in [-0.2, 0) is 6.42 Å². The Morgan fingerprint density at radius 2 is 1.59 bits per heavy atom. The van der Waals surface area contributed by atoms with Crippen LogP contribution in [0.1, 0.15) is 62.8 Å². The highest BCUT2D eigenvalue weighted by molar-refractivity contribution is 6.08. The summed E-state index contributed by atoms with van der Waals surface area (Å²) in [6.45, 7) is 8.84. The molecule has 0 aliphatic carbocycles. The summed E-state index contributed by atoms with van der Waals surface area (Å²) in [7, 11) is 0. The molecule has 0 radical (unpaired) electrons. The highest BCUT2D eigenvalue weighted by atomic mass is 35.5. The van der Waals surface area contributed by atoms with E-state index in [4.69, 9.17) is 9.72 Å². The summed E-state index contributed by atoms with van der Waals surface area (Å²) < 4.78 is 6.34. The summed E-state index contributed by atoms with van der Waals surface area (Å²) in [5.41, 5.74) is 4.85. The molecule has 1 heterocycles. The highest BCUT2D eigenvalue weighted by Gasteiger charge is 2.15. The lowest BCUT2D eigenvalue weighted by Gasteiger charge is -2.18. The van der Waals surface area contributed by atoms with Crippen LogP contribution in [0.4, 0.5) is 0 Å². The molecule has 2 unspecified atom stereocenters. The van der Waals surface area contributed by atoms with E-state index in [-0.39, 0.29) is 18.5 Å². The Hall–Kier alpha value is -2.58. The van der Waals surface area contributed by atoms with E-state index in [1.165, 1.54) is 33.0 Å². The third-order valence-corrected chi connectivity index (χ3v) is 6.34. The summed E-state index contributed by atoms with van der Waals surface area (Å²) in [6.07, 6.45) is 4.51. The van der Waals surface area contributed by atoms with Gasteiger partial charge in [0.05, 0.1) is 17.3 Å². The van der Waals surface area contributed by atoms with Crippen molar-refractivity contribution in [2.75, 3.05) is 0 Å². The summed E-state index contributed by atoms with van der Waals surface area (Å²) in [6, 6.07) is 23.7. The van der Waals surface area contributed by atoms with Crippen LogP contribution in [0.15, 0.2) is 66.7 Å². The Kier molecular flexibility index (Phi) is 8.15. The van der Waals surface area contributed by atoms with Crippen LogP contribution in [0.3, 0.4) is 0 Å². The average molecular weight is 448 g/mol. The molecule has 0 spiro atoms. The number of hydrogen-bond acceptors (Lipinski definition) is 2. The lowest BCUT2D eigenvalue weighted by Crippen LogP contribution is -2.12. The molecule has 4 aromatic rings. The maximum atomic E-state index is 6.34. The van der Waals surface area contributed by atoms with E-state index in [1.54, 1.807) is 0 Å². The molecule has 2 nitrogen and oxygen atoms in total. The molecular formula is C29H34ClNO. The topological polar surface area (TPSA) is 22.1 Å². The fourth-order valence-corrected chi connectivity index (χ4v) is 4.46. The van der Waals surface area contributed by atoms with Gasteiger partial charge in [0.1, 0.15) is 5.75 Å². The number of pyridine rings is 1. The highest BCUT2D eigenvalue weighted by Crippen LogP contribution is 2.35. The van der Waals surface area contributed by atoms with E-state index < -0.39 is 0 Å². The molecule has 1 aromatic heterocycles. The predicted octanol–water partition coefficient (Wildman–Crippen LogP) is 8.42. The van der Waals surface area contributed by atoms with Gasteiger partial charge in [-0.3, -0.25) is 4.98 Å². The molecule has 2 atom stereocenters. The molecule has 0 saturated heterocycles. The Balaban J connectivity index is 0.00000289. The summed E-state index contributed by atoms with van der Waals surface area (Å²) >= 11 is 0. The monoisotopic (exact) mass is 447 g/mol. The number of benzene rings is 3. The fourth-order valence-electron chi connectivity index (χ4n) is 4.46. The maximum Gasteiger partial charge on any atom is 0.122 e. The van der Waals surface area contributed by atoms with Gasteiger partial charge in [0, 0.05) is 16.8 Å². The van der Waals surface area contributed by atoms with E-state index in [2.05, 4.69) is 94.4 Å². The number of ether oxygens (including phenoxy) is 1. The van der Waals surface area contributed by atoms with Gasteiger partial charge in [-0.05, 0) is 68.0 Å². The van der Waals surface area contributed by atoms with Crippen molar-refractivity contribution in [1.82, 2.24) is 4.98 Å². The molecule has 0 amide bonds. The van der Waals surface area contributed by atoms with Gasteiger partial charge in [0.15, 0.2) is 0 Å². The standard InChI is InChI=1S/C29H33NO.ClH/c1-5-20(2)29-26-17-10-9-16-25(26)28-21(3)18-24(19-27(28)30-29)31-22(4)12-11-15-23-13-7-6-8-14-23;/h6-10,13-14,16-20,22H,5,11-12,15H2,1-4H3;1H. The fraction of sp³-hybridized carbons (Fsp3) is 0.345. The number of aromatic nitrogens is 1. The number of hydrogen-bond donors (Lipinski definition) is 0. The van der Waals surface area contributed by atoms with Crippen LogP contribution >= 0.6 is 12.4 Å². The van der Waals surface area contributed by atoms with Gasteiger partial charge in [-0.2, -0.15) is 0 Å². The minimum absolute atomic E-state index is 0. The number of rotatable bonds is 8. The second-order valence-corrected chi connectivity index (χ2v) is 8.79. The Morgan fingerprint density at radius 1 is 0.906 bits per heavy atom. The Morgan fingerprint density at radius 3 is 2.31 bits per heavy atom. The molecule has 3 aromatic carbocycles. The zero-order valence-corrected chi connectivity index (χ0v) is 20.4. The van der Waals surface area contributed by atoms with Gasteiger partial charge in [-0.1, -0.05) is 68.4 Å². The van der Waals surface area contributed by atoms with Crippen molar-refractivity contribution >= 4 is 34.1 Å². The molecule has 3 heteroatoms. The minimum Gasteiger partial charge on any atom is -0.491 e. The molecule has 0 fully saturated rings. The van der Waals surface area contributed by atoms with Gasteiger partial charge >= 0.3 is 0 Å². The van der Waals surface area contributed by atoms with Gasteiger partial charge < -0.3 is 4.74 Å². The quantitative estimate of drug-likeness (QED) is 0.253. The van der Waals surface area contributed by atoms with Crippen LogP contribution in [0.2, 0.25) is 0 Å². The first-order valence-corrected chi connectivity index (χ1v) is 11.6. The number of halogens is 1. The van der Waals surface area contributed by atoms with Crippen molar-refractivity contribution in [2.45, 2.75) is 65.4 Å². The molecular weight excluding hydrogens is 414 g/mol. The average Bonchev–Trinajstić information content (AvgIpc) is 2.78. The number of aryl methyl sites for hydroxylation is 2. The second kappa shape index (κ2) is 10.8. The van der Waals surface area contributed by atoms with Crippen molar-refractivity contribution in [3.8, 4) is 5.75 Å². The normalized spacial score (nSPS) is 13.0. The van der Waals surface area contributed by atoms with Crippen LogP contribution in [0.5, 0.6) is 5.75 Å². The molecule has 0 saturated carbocycles. The lowest BCUT2D eigenvalue weighted by atomic mass is 9.94. The lowest BCUT2D eigenvalue weighted by molar-refractivity contribution is 0.208. The van der Waals surface area contributed by atoms with E-state index in [9.17, 15) is 0 Å². The third kappa shape index (κ3) is 5.24. The minimum atomic E-state index is 0. The van der Waals surface area contributed by atoms with Crippen LogP contribution in [0.25, 0.3) is 21.7 Å². The summed E-state index contributed by atoms with van der Waals surface area (Å²) in [5, 5.41) is 3.81. The molecule has 0 N–H and O–H groups in total. The summed E-state index contributed by atoms with van der Waals surface area (Å²) in [4.78, 5) is 5.12. The Bertz CT molecular complexity index is 1170. The Labute approximate surface area is 198 Å². The second-order valence-electron chi connectivity index (χ2n) is 8.79. The van der Waals surface area contributed by atoms with Gasteiger partial charge in [-0.25, -0.2) is 0 Å². The predicted molar refractivity (Wildman–Crippen MR) is 139 cm³/mol. The summed E-state index contributed by atoms with van der Waals surface area (Å²) in [5.74, 6) is 1.35. The van der Waals surface area contributed by atoms with E-state index in [0.717, 1.165) is 36.9 Å². The van der Waals surface area contributed by atoms with Crippen molar-refractivity contribution in [2.24, 2.45) is 0 Å². The van der Waals surface area contributed by atoms with Crippen molar-refractivity contribution in [3.63, 3.8) is 0 Å². The largest absolute Gasteiger partial charge is 0.491 e. The van der Waals surface area contributed by atoms with Crippen LogP contribution < -0.4 is 4.74 Å². The smallest absolute Gasteiger partial charge is 0.122 e. The molecule has 4 rings (SSSR count). The number of fused-ring (bicyclic) bond motifs is 3. The molecule has 32 heavy (non-hydrogen) atoms. The van der Waals surface area contributed by atoms with Crippen molar-refractivity contribution in [3.05, 3.63) is 83.6 Å². The van der Waals surface area contributed by atoms with E-state index >= 15 is 0 Å². The van der Waals surface area contributed by atoms with E-state index in [1.807, 2.05) is 0 Å². The zero-order valence-electron chi connectivity index (χ0n) is 19.6. The molecule has 168 valence electrons. The van der Waals surface area contributed by atoms with Crippen LogP contribution in [-0.4, -0.2) is 11.1 Å². The van der Waals surface area contributed by atoms with Gasteiger partial charge in [0.2, 0.25) is 0 Å². The molecule has 0 aliphatic heterocycles. The zero-order chi connectivity index (χ0) is 21.8. The van der Waals surface area contributed by atoms with Crippen molar-refractivity contribution in [1.29, 1.82) is 0 Å². The first kappa shape index (κ1) is 24.1. The third-order valence-electron chi connectivity index (χ3n) is 6.34.